The number of sulfone groups is 1. The number of hydrogen-bond donors (Lipinski definition) is 0. The van der Waals surface area contributed by atoms with Crippen LogP contribution in [0.15, 0.2) is 47.4 Å². The average molecular weight is 487 g/mol. The fourth-order valence-electron chi connectivity index (χ4n) is 4.08. The highest BCUT2D eigenvalue weighted by Crippen LogP contribution is 2.32. The van der Waals surface area contributed by atoms with Gasteiger partial charge in [0, 0.05) is 13.0 Å². The van der Waals surface area contributed by atoms with Crippen molar-refractivity contribution in [3.05, 3.63) is 53.6 Å². The monoisotopic (exact) mass is 486 g/mol. The predicted octanol–water partition coefficient (Wildman–Crippen LogP) is 4.93. The lowest BCUT2D eigenvalue weighted by Crippen LogP contribution is -2.37. The number of anilines is 1. The van der Waals surface area contributed by atoms with E-state index in [9.17, 15) is 13.2 Å². The van der Waals surface area contributed by atoms with E-state index in [1.165, 1.54) is 11.3 Å². The summed E-state index contributed by atoms with van der Waals surface area (Å²) >= 11 is 1.50. The molecule has 4 rings (SSSR count). The van der Waals surface area contributed by atoms with Gasteiger partial charge >= 0.3 is 0 Å². The number of benzene rings is 2. The fourth-order valence-corrected chi connectivity index (χ4v) is 6.44. The number of fused-ring (bicyclic) bond motifs is 1. The zero-order valence-electron chi connectivity index (χ0n) is 19.1. The zero-order valence-corrected chi connectivity index (χ0v) is 20.8. The molecule has 2 heterocycles. The lowest BCUT2D eigenvalue weighted by Gasteiger charge is -2.23. The molecular formula is C25H30N2O4S2. The van der Waals surface area contributed by atoms with Crippen LogP contribution in [0.3, 0.4) is 0 Å². The normalized spacial score (nSPS) is 16.4. The molecule has 1 aromatic heterocycles. The third-order valence-corrected chi connectivity index (χ3v) is 8.86. The highest BCUT2D eigenvalue weighted by Gasteiger charge is 2.27. The molecule has 0 radical (unpaired) electrons. The van der Waals surface area contributed by atoms with E-state index >= 15 is 0 Å². The van der Waals surface area contributed by atoms with Gasteiger partial charge in [0.15, 0.2) is 15.0 Å². The Morgan fingerprint density at radius 1 is 1.21 bits per heavy atom. The molecule has 6 nitrogen and oxygen atoms in total. The van der Waals surface area contributed by atoms with Crippen LogP contribution in [-0.4, -0.2) is 44.3 Å². The molecule has 8 heteroatoms. The second kappa shape index (κ2) is 10.3. The van der Waals surface area contributed by atoms with E-state index < -0.39 is 9.84 Å². The van der Waals surface area contributed by atoms with Crippen LogP contribution in [0.25, 0.3) is 10.2 Å². The van der Waals surface area contributed by atoms with E-state index in [2.05, 4.69) is 13.0 Å². The van der Waals surface area contributed by atoms with Crippen LogP contribution in [0.1, 0.15) is 43.7 Å². The number of aryl methyl sites for hydroxylation is 2. The van der Waals surface area contributed by atoms with Gasteiger partial charge in [-0.2, -0.15) is 0 Å². The molecule has 0 aliphatic carbocycles. The molecule has 1 fully saturated rings. The van der Waals surface area contributed by atoms with Crippen molar-refractivity contribution in [2.45, 2.75) is 57.0 Å². The number of para-hydroxylation sites is 1. The van der Waals surface area contributed by atoms with Gasteiger partial charge < -0.3 is 4.74 Å². The molecule has 0 N–H and O–H groups in total. The fraction of sp³-hybridized carbons (Fsp3) is 0.440. The van der Waals surface area contributed by atoms with Crippen LogP contribution in [0.4, 0.5) is 5.13 Å². The Labute approximate surface area is 199 Å². The SMILES string of the molecule is CCc1cccc2sc(N(CC3CCCO3)C(=O)CCCS(=O)(=O)c3ccc(C)cc3)nc12. The first kappa shape index (κ1) is 23.9. The molecule has 2 aromatic carbocycles. The Morgan fingerprint density at radius 3 is 2.70 bits per heavy atom. The van der Waals surface area contributed by atoms with Gasteiger partial charge in [0.2, 0.25) is 5.91 Å². The first-order chi connectivity index (χ1) is 15.9. The van der Waals surface area contributed by atoms with Crippen LogP contribution < -0.4 is 4.90 Å². The minimum absolute atomic E-state index is 0.0112. The van der Waals surface area contributed by atoms with E-state index in [1.54, 1.807) is 29.2 Å². The van der Waals surface area contributed by atoms with Gasteiger partial charge in [-0.15, -0.1) is 0 Å². The second-order valence-electron chi connectivity index (χ2n) is 8.49. The summed E-state index contributed by atoms with van der Waals surface area (Å²) in [5, 5.41) is 0.660. The van der Waals surface area contributed by atoms with E-state index in [1.807, 2.05) is 19.1 Å². The van der Waals surface area contributed by atoms with Crippen molar-refractivity contribution >= 4 is 42.4 Å². The van der Waals surface area contributed by atoms with Crippen molar-refractivity contribution in [1.82, 2.24) is 4.98 Å². The molecule has 176 valence electrons. The number of thiazole rings is 1. The Balaban J connectivity index is 1.50. The third kappa shape index (κ3) is 5.62. The number of nitrogens with zero attached hydrogens (tertiary/aromatic N) is 2. The number of hydrogen-bond acceptors (Lipinski definition) is 6. The molecule has 1 unspecified atom stereocenters. The van der Waals surface area contributed by atoms with Crippen molar-refractivity contribution in [2.24, 2.45) is 0 Å². The molecule has 0 bridgehead atoms. The van der Waals surface area contributed by atoms with Crippen LogP contribution in [-0.2, 0) is 25.8 Å². The quantitative estimate of drug-likeness (QED) is 0.428. The van der Waals surface area contributed by atoms with E-state index in [4.69, 9.17) is 9.72 Å². The van der Waals surface area contributed by atoms with Crippen molar-refractivity contribution < 1.29 is 17.9 Å². The summed E-state index contributed by atoms with van der Waals surface area (Å²) in [6.07, 6.45) is 3.17. The molecule has 0 saturated carbocycles. The summed E-state index contributed by atoms with van der Waals surface area (Å²) in [5.74, 6) is -0.170. The second-order valence-corrected chi connectivity index (χ2v) is 11.6. The number of rotatable bonds is 9. The lowest BCUT2D eigenvalue weighted by molar-refractivity contribution is -0.119. The first-order valence-electron chi connectivity index (χ1n) is 11.5. The maximum absolute atomic E-state index is 13.3. The Morgan fingerprint density at radius 2 is 2.00 bits per heavy atom. The van der Waals surface area contributed by atoms with E-state index in [-0.39, 0.29) is 30.6 Å². The number of amides is 1. The lowest BCUT2D eigenvalue weighted by atomic mass is 10.1. The Kier molecular flexibility index (Phi) is 7.46. The smallest absolute Gasteiger partial charge is 0.228 e. The molecule has 1 aliphatic heterocycles. The molecular weight excluding hydrogens is 456 g/mol. The molecule has 0 spiro atoms. The predicted molar refractivity (Wildman–Crippen MR) is 133 cm³/mol. The number of carbonyl (C=O) groups excluding carboxylic acids is 1. The largest absolute Gasteiger partial charge is 0.376 e. The summed E-state index contributed by atoms with van der Waals surface area (Å²) < 4.78 is 32.2. The van der Waals surface area contributed by atoms with Crippen molar-refractivity contribution in [3.63, 3.8) is 0 Å². The summed E-state index contributed by atoms with van der Waals surface area (Å²) in [4.78, 5) is 20.1. The number of aromatic nitrogens is 1. The van der Waals surface area contributed by atoms with Crippen molar-refractivity contribution in [2.75, 3.05) is 23.8 Å². The maximum atomic E-state index is 13.3. The van der Waals surface area contributed by atoms with Gasteiger partial charge in [0.1, 0.15) is 0 Å². The van der Waals surface area contributed by atoms with Crippen LogP contribution >= 0.6 is 11.3 Å². The highest BCUT2D eigenvalue weighted by atomic mass is 32.2. The summed E-state index contributed by atoms with van der Waals surface area (Å²) in [6, 6.07) is 12.9. The van der Waals surface area contributed by atoms with Crippen molar-refractivity contribution in [1.29, 1.82) is 0 Å². The Bertz CT molecular complexity index is 1210. The first-order valence-corrected chi connectivity index (χ1v) is 13.9. The van der Waals surface area contributed by atoms with E-state index in [0.29, 0.717) is 23.2 Å². The molecule has 33 heavy (non-hydrogen) atoms. The maximum Gasteiger partial charge on any atom is 0.228 e. The Hall–Kier alpha value is -2.29. The van der Waals surface area contributed by atoms with Crippen molar-refractivity contribution in [3.8, 4) is 0 Å². The summed E-state index contributed by atoms with van der Waals surface area (Å²) in [6.45, 7) is 5.17. The van der Waals surface area contributed by atoms with E-state index in [0.717, 1.165) is 40.6 Å². The summed E-state index contributed by atoms with van der Waals surface area (Å²) in [5.41, 5.74) is 3.10. The van der Waals surface area contributed by atoms with Gasteiger partial charge in [-0.1, -0.05) is 48.1 Å². The van der Waals surface area contributed by atoms with Crippen LogP contribution in [0.2, 0.25) is 0 Å². The zero-order chi connectivity index (χ0) is 23.4. The standard InChI is InChI=1S/C25H30N2O4S2/c1-3-19-7-4-9-22-24(19)26-25(32-22)27(17-20-8-5-15-31-20)23(28)10-6-16-33(29,30)21-13-11-18(2)12-14-21/h4,7,9,11-14,20H,3,5-6,8,10,15-17H2,1-2H3. The topological polar surface area (TPSA) is 76.6 Å². The molecule has 1 aliphatic rings. The molecule has 1 saturated heterocycles. The summed E-state index contributed by atoms with van der Waals surface area (Å²) in [7, 11) is -3.42. The molecule has 1 amide bonds. The van der Waals surface area contributed by atoms with Gasteiger partial charge in [-0.25, -0.2) is 13.4 Å². The van der Waals surface area contributed by atoms with Gasteiger partial charge in [-0.05, 0) is 56.4 Å². The molecule has 1 atom stereocenters. The third-order valence-electron chi connectivity index (χ3n) is 6.00. The molecule has 3 aromatic rings. The minimum atomic E-state index is -3.42. The number of carbonyl (C=O) groups is 1. The highest BCUT2D eigenvalue weighted by molar-refractivity contribution is 7.91. The van der Waals surface area contributed by atoms with Gasteiger partial charge in [0.25, 0.3) is 0 Å². The van der Waals surface area contributed by atoms with Gasteiger partial charge in [0.05, 0.1) is 33.5 Å². The van der Waals surface area contributed by atoms with Gasteiger partial charge in [-0.3, -0.25) is 9.69 Å². The van der Waals surface area contributed by atoms with Crippen LogP contribution in [0.5, 0.6) is 0 Å². The number of ether oxygens (including phenoxy) is 1. The minimum Gasteiger partial charge on any atom is -0.376 e. The average Bonchev–Trinajstić information content (AvgIpc) is 3.47. The van der Waals surface area contributed by atoms with Crippen LogP contribution in [0, 0.1) is 6.92 Å².